The SMILES string of the molecule is Nc1nc(N)c2nc(CBr)ccc2n1. The summed E-state index contributed by atoms with van der Waals surface area (Å²) >= 11 is 3.31. The predicted octanol–water partition coefficient (Wildman–Crippen LogP) is 1.08. The average Bonchev–Trinajstić information content (AvgIpc) is 2.17. The number of anilines is 2. The first-order chi connectivity index (χ1) is 6.70. The Morgan fingerprint density at radius 2 is 1.93 bits per heavy atom. The van der Waals surface area contributed by atoms with Crippen LogP contribution in [-0.4, -0.2) is 15.0 Å². The first-order valence-corrected chi connectivity index (χ1v) is 5.07. The zero-order valence-electron chi connectivity index (χ0n) is 7.24. The Morgan fingerprint density at radius 3 is 2.64 bits per heavy atom. The van der Waals surface area contributed by atoms with Gasteiger partial charge in [0.2, 0.25) is 5.95 Å². The molecule has 14 heavy (non-hydrogen) atoms. The standard InChI is InChI=1S/C8H8BrN5/c9-3-4-1-2-5-6(12-4)7(10)14-8(11)13-5/h1-2H,3H2,(H4,10,11,13,14). The summed E-state index contributed by atoms with van der Waals surface area (Å²) in [7, 11) is 0. The monoisotopic (exact) mass is 253 g/mol. The van der Waals surface area contributed by atoms with Gasteiger partial charge >= 0.3 is 0 Å². The lowest BCUT2D eigenvalue weighted by atomic mass is 10.3. The molecule has 5 nitrogen and oxygen atoms in total. The topological polar surface area (TPSA) is 90.7 Å². The van der Waals surface area contributed by atoms with Gasteiger partial charge in [-0.1, -0.05) is 15.9 Å². The van der Waals surface area contributed by atoms with Crippen LogP contribution in [0.4, 0.5) is 11.8 Å². The Labute approximate surface area is 88.7 Å². The molecule has 0 fully saturated rings. The van der Waals surface area contributed by atoms with Gasteiger partial charge in [0.1, 0.15) is 5.52 Å². The average molecular weight is 254 g/mol. The van der Waals surface area contributed by atoms with Crippen molar-refractivity contribution < 1.29 is 0 Å². The van der Waals surface area contributed by atoms with Crippen molar-refractivity contribution in [2.45, 2.75) is 5.33 Å². The predicted molar refractivity (Wildman–Crippen MR) is 58.8 cm³/mol. The Morgan fingerprint density at radius 1 is 1.14 bits per heavy atom. The van der Waals surface area contributed by atoms with E-state index in [-0.39, 0.29) is 5.95 Å². The van der Waals surface area contributed by atoms with E-state index in [0.29, 0.717) is 22.2 Å². The summed E-state index contributed by atoms with van der Waals surface area (Å²) < 4.78 is 0. The van der Waals surface area contributed by atoms with Crippen LogP contribution in [0.2, 0.25) is 0 Å². The second-order valence-electron chi connectivity index (χ2n) is 2.77. The van der Waals surface area contributed by atoms with Crippen molar-refractivity contribution in [3.63, 3.8) is 0 Å². The molecular weight excluding hydrogens is 246 g/mol. The van der Waals surface area contributed by atoms with E-state index in [1.165, 1.54) is 0 Å². The molecule has 0 spiro atoms. The summed E-state index contributed by atoms with van der Waals surface area (Å²) in [6.45, 7) is 0. The van der Waals surface area contributed by atoms with Crippen LogP contribution in [0.3, 0.4) is 0 Å². The molecule has 0 saturated heterocycles. The maximum absolute atomic E-state index is 5.67. The van der Waals surface area contributed by atoms with E-state index < -0.39 is 0 Å². The zero-order valence-corrected chi connectivity index (χ0v) is 8.82. The van der Waals surface area contributed by atoms with Crippen LogP contribution in [0.15, 0.2) is 12.1 Å². The first kappa shape index (κ1) is 9.14. The maximum Gasteiger partial charge on any atom is 0.222 e. The molecule has 2 aromatic rings. The van der Waals surface area contributed by atoms with Crippen molar-refractivity contribution in [1.82, 2.24) is 15.0 Å². The van der Waals surface area contributed by atoms with Crippen LogP contribution in [0.1, 0.15) is 5.69 Å². The van der Waals surface area contributed by atoms with E-state index in [2.05, 4.69) is 30.9 Å². The smallest absolute Gasteiger partial charge is 0.222 e. The van der Waals surface area contributed by atoms with Gasteiger partial charge in [-0.2, -0.15) is 4.98 Å². The third kappa shape index (κ3) is 1.48. The van der Waals surface area contributed by atoms with Crippen LogP contribution in [0.25, 0.3) is 11.0 Å². The molecule has 4 N–H and O–H groups in total. The van der Waals surface area contributed by atoms with Gasteiger partial charge in [0, 0.05) is 5.33 Å². The second kappa shape index (κ2) is 3.38. The zero-order chi connectivity index (χ0) is 10.1. The Balaban J connectivity index is 2.75. The molecule has 0 radical (unpaired) electrons. The summed E-state index contributed by atoms with van der Waals surface area (Å²) in [6.07, 6.45) is 0. The molecule has 0 atom stereocenters. The normalized spacial score (nSPS) is 10.6. The summed E-state index contributed by atoms with van der Waals surface area (Å²) in [5, 5.41) is 0.673. The number of fused-ring (bicyclic) bond motifs is 1. The highest BCUT2D eigenvalue weighted by atomic mass is 79.9. The van der Waals surface area contributed by atoms with Crippen LogP contribution in [-0.2, 0) is 5.33 Å². The lowest BCUT2D eigenvalue weighted by molar-refractivity contribution is 1.18. The van der Waals surface area contributed by atoms with Crippen molar-refractivity contribution in [3.05, 3.63) is 17.8 Å². The van der Waals surface area contributed by atoms with E-state index in [4.69, 9.17) is 11.5 Å². The highest BCUT2D eigenvalue weighted by molar-refractivity contribution is 9.08. The number of rotatable bonds is 1. The van der Waals surface area contributed by atoms with E-state index in [0.717, 1.165) is 5.69 Å². The lowest BCUT2D eigenvalue weighted by Crippen LogP contribution is -2.02. The Kier molecular flexibility index (Phi) is 2.20. The molecule has 2 rings (SSSR count). The molecule has 0 unspecified atom stereocenters. The fraction of sp³-hybridized carbons (Fsp3) is 0.125. The van der Waals surface area contributed by atoms with Crippen LogP contribution >= 0.6 is 15.9 Å². The van der Waals surface area contributed by atoms with Gasteiger partial charge in [0.25, 0.3) is 0 Å². The fourth-order valence-corrected chi connectivity index (χ4v) is 1.48. The van der Waals surface area contributed by atoms with Gasteiger partial charge < -0.3 is 11.5 Å². The molecule has 0 aliphatic heterocycles. The fourth-order valence-electron chi connectivity index (χ4n) is 1.17. The summed E-state index contributed by atoms with van der Waals surface area (Å²) in [6, 6.07) is 3.69. The van der Waals surface area contributed by atoms with Gasteiger partial charge in [-0.3, -0.25) is 0 Å². The molecule has 6 heteroatoms. The number of pyridine rings is 1. The molecule has 72 valence electrons. The number of nitrogens with two attached hydrogens (primary N) is 2. The Hall–Kier alpha value is -1.43. The van der Waals surface area contributed by atoms with Crippen molar-refractivity contribution in [2.24, 2.45) is 0 Å². The largest absolute Gasteiger partial charge is 0.382 e. The number of alkyl halides is 1. The Bertz CT molecular complexity index is 484. The quantitative estimate of drug-likeness (QED) is 0.743. The number of nitrogens with zero attached hydrogens (tertiary/aromatic N) is 3. The molecular formula is C8H8BrN5. The van der Waals surface area contributed by atoms with Gasteiger partial charge in [-0.05, 0) is 12.1 Å². The summed E-state index contributed by atoms with van der Waals surface area (Å²) in [4.78, 5) is 12.1. The summed E-state index contributed by atoms with van der Waals surface area (Å²) in [5.41, 5.74) is 13.3. The summed E-state index contributed by atoms with van der Waals surface area (Å²) in [5.74, 6) is 0.485. The van der Waals surface area contributed by atoms with Gasteiger partial charge in [0.15, 0.2) is 5.82 Å². The second-order valence-corrected chi connectivity index (χ2v) is 3.33. The van der Waals surface area contributed by atoms with Crippen molar-refractivity contribution in [1.29, 1.82) is 0 Å². The van der Waals surface area contributed by atoms with Gasteiger partial charge in [0.05, 0.1) is 11.2 Å². The number of halogens is 1. The highest BCUT2D eigenvalue weighted by Crippen LogP contribution is 2.17. The molecule has 0 bridgehead atoms. The van der Waals surface area contributed by atoms with Gasteiger partial charge in [-0.25, -0.2) is 9.97 Å². The molecule has 2 aromatic heterocycles. The minimum absolute atomic E-state index is 0.170. The van der Waals surface area contributed by atoms with E-state index >= 15 is 0 Å². The molecule has 2 heterocycles. The number of hydrogen-bond acceptors (Lipinski definition) is 5. The minimum atomic E-state index is 0.170. The van der Waals surface area contributed by atoms with Crippen molar-refractivity contribution in [3.8, 4) is 0 Å². The molecule has 0 saturated carbocycles. The van der Waals surface area contributed by atoms with Crippen molar-refractivity contribution in [2.75, 3.05) is 11.5 Å². The van der Waals surface area contributed by atoms with Crippen LogP contribution in [0, 0.1) is 0 Å². The van der Waals surface area contributed by atoms with Gasteiger partial charge in [-0.15, -0.1) is 0 Å². The van der Waals surface area contributed by atoms with Crippen LogP contribution < -0.4 is 11.5 Å². The molecule has 0 aliphatic carbocycles. The first-order valence-electron chi connectivity index (χ1n) is 3.95. The van der Waals surface area contributed by atoms with E-state index in [1.807, 2.05) is 12.1 Å². The number of nitrogen functional groups attached to an aromatic ring is 2. The minimum Gasteiger partial charge on any atom is -0.382 e. The molecule has 0 aromatic carbocycles. The van der Waals surface area contributed by atoms with E-state index in [1.54, 1.807) is 0 Å². The lowest BCUT2D eigenvalue weighted by Gasteiger charge is -2.02. The van der Waals surface area contributed by atoms with Crippen LogP contribution in [0.5, 0.6) is 0 Å². The third-order valence-corrected chi connectivity index (χ3v) is 2.36. The van der Waals surface area contributed by atoms with Crippen molar-refractivity contribution >= 4 is 38.7 Å². The number of hydrogen-bond donors (Lipinski definition) is 2. The highest BCUT2D eigenvalue weighted by Gasteiger charge is 2.04. The maximum atomic E-state index is 5.67. The molecule has 0 aliphatic rings. The molecule has 0 amide bonds. The number of aromatic nitrogens is 3. The van der Waals surface area contributed by atoms with E-state index in [9.17, 15) is 0 Å². The third-order valence-electron chi connectivity index (χ3n) is 1.78.